The van der Waals surface area contributed by atoms with E-state index in [1.807, 2.05) is 36.4 Å². The minimum atomic E-state index is -0.945. The summed E-state index contributed by atoms with van der Waals surface area (Å²) in [7, 11) is 0. The van der Waals surface area contributed by atoms with Gasteiger partial charge < -0.3 is 21.5 Å². The van der Waals surface area contributed by atoms with Gasteiger partial charge in [-0.15, -0.1) is 0 Å². The van der Waals surface area contributed by atoms with Crippen LogP contribution in [0.4, 0.5) is 17.3 Å². The third-order valence-corrected chi connectivity index (χ3v) is 5.82. The van der Waals surface area contributed by atoms with Crippen molar-refractivity contribution in [1.82, 2.24) is 15.4 Å². The van der Waals surface area contributed by atoms with Crippen LogP contribution >= 0.6 is 0 Å². The van der Waals surface area contributed by atoms with Gasteiger partial charge in [0.25, 0.3) is 0 Å². The summed E-state index contributed by atoms with van der Waals surface area (Å²) in [5, 5.41) is 22.5. The number of nitrogens with one attached hydrogen (secondary N) is 3. The Morgan fingerprint density at radius 2 is 2.03 bits per heavy atom. The molecule has 0 bridgehead atoms. The zero-order valence-corrected chi connectivity index (χ0v) is 16.5. The number of hydrogen-bond acceptors (Lipinski definition) is 8. The van der Waals surface area contributed by atoms with Gasteiger partial charge in [0, 0.05) is 34.9 Å². The molecule has 2 aromatic heterocycles. The quantitative estimate of drug-likeness (QED) is 0.454. The number of aromatic nitrogens is 2. The third-order valence-electron chi connectivity index (χ3n) is 5.82. The van der Waals surface area contributed by atoms with E-state index >= 15 is 0 Å². The molecule has 3 heterocycles. The molecular weight excluding hydrogens is 378 g/mol. The molecule has 1 aliphatic carbocycles. The Morgan fingerprint density at radius 3 is 2.93 bits per heavy atom. The number of benzene rings is 1. The number of nitrogens with zero attached hydrogens (tertiary/aromatic N) is 3. The first-order chi connectivity index (χ1) is 14.7. The number of aliphatic hydroxyl groups excluding tert-OH is 1. The summed E-state index contributed by atoms with van der Waals surface area (Å²) in [6.07, 6.45) is 6.90. The summed E-state index contributed by atoms with van der Waals surface area (Å²) in [6, 6.07) is 12.0. The van der Waals surface area contributed by atoms with E-state index in [1.165, 1.54) is 6.42 Å². The fourth-order valence-corrected chi connectivity index (χ4v) is 4.25. The molecule has 0 amide bonds. The molecule has 0 spiro atoms. The predicted octanol–water partition coefficient (Wildman–Crippen LogP) is 2.98. The maximum absolute atomic E-state index is 10.5. The molecule has 1 aliphatic heterocycles. The van der Waals surface area contributed by atoms with E-state index in [2.05, 4.69) is 26.1 Å². The summed E-state index contributed by atoms with van der Waals surface area (Å²) < 4.78 is 0. The van der Waals surface area contributed by atoms with E-state index in [4.69, 9.17) is 10.7 Å². The Labute approximate surface area is 174 Å². The molecule has 0 radical (unpaired) electrons. The van der Waals surface area contributed by atoms with Crippen LogP contribution in [-0.2, 0) is 0 Å². The van der Waals surface area contributed by atoms with Gasteiger partial charge in [-0.25, -0.2) is 4.98 Å². The third kappa shape index (κ3) is 3.55. The van der Waals surface area contributed by atoms with Crippen molar-refractivity contribution in [3.8, 4) is 0 Å². The average Bonchev–Trinajstić information content (AvgIpc) is 2.76. The van der Waals surface area contributed by atoms with Gasteiger partial charge in [0.05, 0.1) is 17.3 Å². The van der Waals surface area contributed by atoms with E-state index in [-0.39, 0.29) is 12.1 Å². The Hall–Kier alpha value is -3.23. The van der Waals surface area contributed by atoms with Crippen LogP contribution in [0.3, 0.4) is 0 Å². The van der Waals surface area contributed by atoms with E-state index in [0.717, 1.165) is 47.2 Å². The topological polar surface area (TPSA) is 120 Å². The van der Waals surface area contributed by atoms with Gasteiger partial charge in [-0.1, -0.05) is 18.9 Å². The highest BCUT2D eigenvalue weighted by molar-refractivity contribution is 5.94. The van der Waals surface area contributed by atoms with Crippen molar-refractivity contribution < 1.29 is 5.11 Å². The molecule has 30 heavy (non-hydrogen) atoms. The number of fused-ring (bicyclic) bond motifs is 2. The standard InChI is InChI=1S/C22H25N7O/c23-15-6-1-2-7-18(15)26-19-11-13-12-25-29-22(30)20(13)21(28-19)27-17-9-3-8-16-14(17)5-4-10-24-16/h3-5,8-12,15,18,22,29-30H,1-2,6-7,23H2,(H2,26,27,28). The van der Waals surface area contributed by atoms with Crippen LogP contribution in [0.2, 0.25) is 0 Å². The molecule has 5 rings (SSSR count). The average molecular weight is 403 g/mol. The van der Waals surface area contributed by atoms with Crippen LogP contribution in [0.1, 0.15) is 43.0 Å². The summed E-state index contributed by atoms with van der Waals surface area (Å²) in [5.41, 5.74) is 12.2. The number of hydrazone groups is 1. The lowest BCUT2D eigenvalue weighted by molar-refractivity contribution is 0.139. The number of aliphatic hydroxyl groups is 1. The second-order valence-electron chi connectivity index (χ2n) is 7.85. The second-order valence-corrected chi connectivity index (χ2v) is 7.85. The highest BCUT2D eigenvalue weighted by Crippen LogP contribution is 2.33. The van der Waals surface area contributed by atoms with Gasteiger partial charge in [0.1, 0.15) is 11.6 Å². The van der Waals surface area contributed by atoms with Crippen LogP contribution in [-0.4, -0.2) is 33.4 Å². The van der Waals surface area contributed by atoms with Crippen molar-refractivity contribution in [3.05, 3.63) is 53.7 Å². The lowest BCUT2D eigenvalue weighted by atomic mass is 9.91. The minimum absolute atomic E-state index is 0.109. The Bertz CT molecular complexity index is 1090. The van der Waals surface area contributed by atoms with Gasteiger partial charge in [-0.05, 0) is 43.2 Å². The largest absolute Gasteiger partial charge is 0.368 e. The summed E-state index contributed by atoms with van der Waals surface area (Å²) in [6.45, 7) is 0. The number of nitrogens with two attached hydrogens (primary N) is 1. The normalized spacial score (nSPS) is 22.9. The molecule has 154 valence electrons. The molecule has 2 aliphatic rings. The van der Waals surface area contributed by atoms with Crippen molar-refractivity contribution in [3.63, 3.8) is 0 Å². The Kier molecular flexibility index (Phi) is 4.94. The monoisotopic (exact) mass is 403 g/mol. The predicted molar refractivity (Wildman–Crippen MR) is 119 cm³/mol. The minimum Gasteiger partial charge on any atom is -0.368 e. The molecule has 1 fully saturated rings. The van der Waals surface area contributed by atoms with Gasteiger partial charge >= 0.3 is 0 Å². The van der Waals surface area contributed by atoms with Crippen LogP contribution in [0.15, 0.2) is 47.7 Å². The summed E-state index contributed by atoms with van der Waals surface area (Å²) in [5.74, 6) is 1.29. The molecule has 3 aromatic rings. The van der Waals surface area contributed by atoms with Crippen LogP contribution < -0.4 is 21.8 Å². The zero-order valence-electron chi connectivity index (χ0n) is 16.5. The van der Waals surface area contributed by atoms with Crippen LogP contribution in [0.5, 0.6) is 0 Å². The van der Waals surface area contributed by atoms with Crippen molar-refractivity contribution in [2.45, 2.75) is 44.0 Å². The fourth-order valence-electron chi connectivity index (χ4n) is 4.25. The first-order valence-electron chi connectivity index (χ1n) is 10.3. The Balaban J connectivity index is 1.55. The number of hydrogen-bond donors (Lipinski definition) is 5. The lowest BCUT2D eigenvalue weighted by Crippen LogP contribution is -2.42. The molecule has 6 N–H and O–H groups in total. The second kappa shape index (κ2) is 7.89. The van der Waals surface area contributed by atoms with E-state index in [0.29, 0.717) is 11.4 Å². The summed E-state index contributed by atoms with van der Waals surface area (Å²) in [4.78, 5) is 9.23. The van der Waals surface area contributed by atoms with Crippen LogP contribution in [0.25, 0.3) is 10.9 Å². The maximum Gasteiger partial charge on any atom is 0.169 e. The van der Waals surface area contributed by atoms with E-state index < -0.39 is 6.23 Å². The van der Waals surface area contributed by atoms with E-state index in [1.54, 1.807) is 12.4 Å². The highest BCUT2D eigenvalue weighted by Gasteiger charge is 2.25. The number of anilines is 3. The highest BCUT2D eigenvalue weighted by atomic mass is 16.3. The zero-order chi connectivity index (χ0) is 20.5. The van der Waals surface area contributed by atoms with E-state index in [9.17, 15) is 5.11 Å². The van der Waals surface area contributed by atoms with Gasteiger partial charge in [0.15, 0.2) is 6.23 Å². The van der Waals surface area contributed by atoms with Crippen LogP contribution in [0, 0.1) is 0 Å². The smallest absolute Gasteiger partial charge is 0.169 e. The summed E-state index contributed by atoms with van der Waals surface area (Å²) >= 11 is 0. The van der Waals surface area contributed by atoms with Crippen molar-refractivity contribution in [2.24, 2.45) is 10.8 Å². The first-order valence-corrected chi connectivity index (χ1v) is 10.3. The van der Waals surface area contributed by atoms with Crippen molar-refractivity contribution in [1.29, 1.82) is 0 Å². The molecule has 3 atom stereocenters. The maximum atomic E-state index is 10.5. The lowest BCUT2D eigenvalue weighted by Gasteiger charge is -2.30. The fraction of sp³-hybridized carbons (Fsp3) is 0.318. The molecular formula is C22H25N7O. The molecule has 8 nitrogen and oxygen atoms in total. The van der Waals surface area contributed by atoms with Gasteiger partial charge in [0.2, 0.25) is 0 Å². The molecule has 1 saturated carbocycles. The first kappa shape index (κ1) is 18.8. The Morgan fingerprint density at radius 1 is 1.13 bits per heavy atom. The van der Waals surface area contributed by atoms with Crippen molar-refractivity contribution >= 4 is 34.4 Å². The number of pyridine rings is 2. The number of rotatable bonds is 4. The SMILES string of the molecule is NC1CCCCC1Nc1cc2c(c(Nc3cccc4ncccc34)n1)C(O)NN=C2. The van der Waals surface area contributed by atoms with Gasteiger partial charge in [-0.2, -0.15) is 5.10 Å². The molecule has 0 saturated heterocycles. The molecule has 1 aromatic carbocycles. The molecule has 8 heteroatoms. The molecule has 3 unspecified atom stereocenters. The van der Waals surface area contributed by atoms with Gasteiger partial charge in [-0.3, -0.25) is 10.4 Å². The van der Waals surface area contributed by atoms with Crippen molar-refractivity contribution in [2.75, 3.05) is 10.6 Å².